The first-order valence-electron chi connectivity index (χ1n) is 6.76. The largest absolute Gasteiger partial charge is 0.493 e. The van der Waals surface area contributed by atoms with Crippen LogP contribution >= 0.6 is 0 Å². The number of benzene rings is 2. The Morgan fingerprint density at radius 1 is 1.14 bits per heavy atom. The topological polar surface area (TPSA) is 38.3 Å². The number of anilines is 1. The Labute approximate surface area is 127 Å². The van der Waals surface area contributed by atoms with Crippen LogP contribution in [0.15, 0.2) is 48.5 Å². The minimum Gasteiger partial charge on any atom is -0.493 e. The molecular formula is C17H15F2NO2. The lowest BCUT2D eigenvalue weighted by atomic mass is 10.2. The number of carbonyl (C=O) groups is 1. The van der Waals surface area contributed by atoms with E-state index in [1.807, 2.05) is 13.0 Å². The van der Waals surface area contributed by atoms with Crippen molar-refractivity contribution in [2.75, 3.05) is 11.9 Å². The van der Waals surface area contributed by atoms with Crippen molar-refractivity contribution in [2.24, 2.45) is 0 Å². The van der Waals surface area contributed by atoms with E-state index < -0.39 is 23.2 Å². The summed E-state index contributed by atoms with van der Waals surface area (Å²) >= 11 is 0. The maximum absolute atomic E-state index is 13.4. The molecule has 0 aliphatic rings. The second kappa shape index (κ2) is 7.36. The molecule has 1 amide bonds. The zero-order valence-electron chi connectivity index (χ0n) is 12.0. The van der Waals surface area contributed by atoms with Crippen molar-refractivity contribution in [3.8, 4) is 5.75 Å². The third-order valence-electron chi connectivity index (χ3n) is 2.84. The number of ether oxygens (including phenoxy) is 1. The molecule has 0 atom stereocenters. The van der Waals surface area contributed by atoms with Crippen LogP contribution in [-0.4, -0.2) is 12.5 Å². The maximum atomic E-state index is 13.4. The Kier molecular flexibility index (Phi) is 5.25. The number of amides is 1. The smallest absolute Gasteiger partial charge is 0.248 e. The number of hydrogen-bond acceptors (Lipinski definition) is 2. The summed E-state index contributed by atoms with van der Waals surface area (Å²) in [5.74, 6) is -1.64. The molecule has 0 saturated carbocycles. The SMILES string of the molecule is CCOc1ccccc1/C=C/C(=O)Nc1c(F)cccc1F. The number of halogens is 2. The van der Waals surface area contributed by atoms with Crippen molar-refractivity contribution in [2.45, 2.75) is 6.92 Å². The van der Waals surface area contributed by atoms with Crippen molar-refractivity contribution in [3.05, 3.63) is 65.7 Å². The highest BCUT2D eigenvalue weighted by Gasteiger charge is 2.10. The van der Waals surface area contributed by atoms with Gasteiger partial charge >= 0.3 is 0 Å². The highest BCUT2D eigenvalue weighted by atomic mass is 19.1. The monoisotopic (exact) mass is 303 g/mol. The van der Waals surface area contributed by atoms with Crippen molar-refractivity contribution < 1.29 is 18.3 Å². The fourth-order valence-electron chi connectivity index (χ4n) is 1.85. The molecule has 0 spiro atoms. The molecule has 2 rings (SSSR count). The van der Waals surface area contributed by atoms with Gasteiger partial charge < -0.3 is 10.1 Å². The Morgan fingerprint density at radius 3 is 2.50 bits per heavy atom. The van der Waals surface area contributed by atoms with Crippen molar-refractivity contribution in [1.29, 1.82) is 0 Å². The van der Waals surface area contributed by atoms with E-state index in [0.717, 1.165) is 12.1 Å². The molecule has 0 saturated heterocycles. The highest BCUT2D eigenvalue weighted by molar-refractivity contribution is 6.02. The van der Waals surface area contributed by atoms with E-state index in [2.05, 4.69) is 5.32 Å². The van der Waals surface area contributed by atoms with Gasteiger partial charge in [0.05, 0.1) is 6.61 Å². The summed E-state index contributed by atoms with van der Waals surface area (Å²) in [6.07, 6.45) is 2.73. The van der Waals surface area contributed by atoms with Crippen LogP contribution in [0.4, 0.5) is 14.5 Å². The van der Waals surface area contributed by atoms with Gasteiger partial charge in [0, 0.05) is 11.6 Å². The van der Waals surface area contributed by atoms with Gasteiger partial charge in [-0.25, -0.2) is 8.78 Å². The number of hydrogen-bond donors (Lipinski definition) is 1. The van der Waals surface area contributed by atoms with E-state index in [0.29, 0.717) is 17.9 Å². The number of nitrogens with one attached hydrogen (secondary N) is 1. The van der Waals surface area contributed by atoms with Gasteiger partial charge in [-0.2, -0.15) is 0 Å². The molecule has 2 aromatic rings. The molecule has 22 heavy (non-hydrogen) atoms. The minimum atomic E-state index is -0.823. The van der Waals surface area contributed by atoms with E-state index in [9.17, 15) is 13.6 Å². The first-order valence-corrected chi connectivity index (χ1v) is 6.76. The summed E-state index contributed by atoms with van der Waals surface area (Å²) in [6.45, 7) is 2.35. The first-order chi connectivity index (χ1) is 10.6. The third kappa shape index (κ3) is 3.91. The molecule has 0 aliphatic carbocycles. The van der Waals surface area contributed by atoms with E-state index in [4.69, 9.17) is 4.74 Å². The van der Waals surface area contributed by atoms with Crippen molar-refractivity contribution >= 4 is 17.7 Å². The zero-order valence-corrected chi connectivity index (χ0v) is 12.0. The van der Waals surface area contributed by atoms with Crippen LogP contribution in [0.1, 0.15) is 12.5 Å². The number of carbonyl (C=O) groups excluding carboxylic acids is 1. The van der Waals surface area contributed by atoms with Crippen LogP contribution in [0.2, 0.25) is 0 Å². The Balaban J connectivity index is 2.12. The molecule has 1 N–H and O–H groups in total. The normalized spacial score (nSPS) is 10.7. The van der Waals surface area contributed by atoms with Crippen LogP contribution in [0.5, 0.6) is 5.75 Å². The third-order valence-corrected chi connectivity index (χ3v) is 2.84. The Hall–Kier alpha value is -2.69. The van der Waals surface area contributed by atoms with Gasteiger partial charge in [-0.1, -0.05) is 24.3 Å². The van der Waals surface area contributed by atoms with Gasteiger partial charge in [0.1, 0.15) is 23.1 Å². The number of para-hydroxylation sites is 2. The summed E-state index contributed by atoms with van der Waals surface area (Å²) in [7, 11) is 0. The van der Waals surface area contributed by atoms with Crippen LogP contribution in [-0.2, 0) is 4.79 Å². The lowest BCUT2D eigenvalue weighted by Crippen LogP contribution is -2.10. The summed E-state index contributed by atoms with van der Waals surface area (Å²) < 4.78 is 32.3. The van der Waals surface area contributed by atoms with Gasteiger partial charge in [-0.05, 0) is 31.2 Å². The van der Waals surface area contributed by atoms with E-state index in [1.54, 1.807) is 18.2 Å². The fourth-order valence-corrected chi connectivity index (χ4v) is 1.85. The molecule has 114 valence electrons. The minimum absolute atomic E-state index is 0.463. The molecule has 2 aromatic carbocycles. The van der Waals surface area contributed by atoms with Gasteiger partial charge in [0.25, 0.3) is 0 Å². The first kappa shape index (κ1) is 15.7. The predicted molar refractivity (Wildman–Crippen MR) is 81.6 cm³/mol. The molecule has 0 aliphatic heterocycles. The standard InChI is InChI=1S/C17H15F2NO2/c1-2-22-15-9-4-3-6-12(15)10-11-16(21)20-17-13(18)7-5-8-14(17)19/h3-11H,2H2,1H3,(H,20,21)/b11-10+. The average Bonchev–Trinajstić information content (AvgIpc) is 2.50. The van der Waals surface area contributed by atoms with Crippen LogP contribution in [0, 0.1) is 11.6 Å². The Bertz CT molecular complexity index is 679. The Morgan fingerprint density at radius 2 is 1.82 bits per heavy atom. The molecule has 3 nitrogen and oxygen atoms in total. The second-order valence-corrected chi connectivity index (χ2v) is 4.39. The van der Waals surface area contributed by atoms with Crippen LogP contribution in [0.25, 0.3) is 6.08 Å². The maximum Gasteiger partial charge on any atom is 0.248 e. The van der Waals surface area contributed by atoms with Gasteiger partial charge in [-0.3, -0.25) is 4.79 Å². The summed E-state index contributed by atoms with van der Waals surface area (Å²) in [5.41, 5.74) is 0.240. The zero-order chi connectivity index (χ0) is 15.9. The van der Waals surface area contributed by atoms with Crippen molar-refractivity contribution in [3.63, 3.8) is 0 Å². The van der Waals surface area contributed by atoms with Gasteiger partial charge in [0.2, 0.25) is 5.91 Å². The molecule has 0 aromatic heterocycles. The average molecular weight is 303 g/mol. The lowest BCUT2D eigenvalue weighted by molar-refractivity contribution is -0.111. The quantitative estimate of drug-likeness (QED) is 0.847. The molecular weight excluding hydrogens is 288 g/mol. The van der Waals surface area contributed by atoms with Crippen LogP contribution in [0.3, 0.4) is 0 Å². The summed E-state index contributed by atoms with van der Waals surface area (Å²) in [4.78, 5) is 11.8. The van der Waals surface area contributed by atoms with Gasteiger partial charge in [-0.15, -0.1) is 0 Å². The van der Waals surface area contributed by atoms with E-state index in [1.165, 1.54) is 18.2 Å². The van der Waals surface area contributed by atoms with Crippen molar-refractivity contribution in [1.82, 2.24) is 0 Å². The fraction of sp³-hybridized carbons (Fsp3) is 0.118. The van der Waals surface area contributed by atoms with Gasteiger partial charge in [0.15, 0.2) is 0 Å². The van der Waals surface area contributed by atoms with E-state index in [-0.39, 0.29) is 0 Å². The summed E-state index contributed by atoms with van der Waals surface area (Å²) in [5, 5.41) is 2.18. The second-order valence-electron chi connectivity index (χ2n) is 4.39. The molecule has 0 radical (unpaired) electrons. The number of rotatable bonds is 5. The molecule has 0 heterocycles. The lowest BCUT2D eigenvalue weighted by Gasteiger charge is -2.07. The molecule has 0 fully saturated rings. The molecule has 0 unspecified atom stereocenters. The molecule has 5 heteroatoms. The van der Waals surface area contributed by atoms with Crippen LogP contribution < -0.4 is 10.1 Å². The highest BCUT2D eigenvalue weighted by Crippen LogP contribution is 2.20. The predicted octanol–water partition coefficient (Wildman–Crippen LogP) is 4.02. The molecule has 0 bridgehead atoms. The van der Waals surface area contributed by atoms with E-state index >= 15 is 0 Å². The summed E-state index contributed by atoms with van der Waals surface area (Å²) in [6, 6.07) is 10.6.